The maximum absolute atomic E-state index is 12.4. The number of nitrogens with zero attached hydrogens (tertiary/aromatic N) is 1. The van der Waals surface area contributed by atoms with Gasteiger partial charge in [0.25, 0.3) is 15.0 Å². The van der Waals surface area contributed by atoms with Crippen LogP contribution in [0.4, 0.5) is 0 Å². The van der Waals surface area contributed by atoms with Crippen molar-refractivity contribution in [2.75, 3.05) is 26.3 Å². The number of aryl methyl sites for hydroxylation is 2. The molecule has 2 rings (SSSR count). The van der Waals surface area contributed by atoms with Crippen LogP contribution < -0.4 is 0 Å². The molecule has 1 aliphatic heterocycles. The molecule has 1 saturated heterocycles. The zero-order chi connectivity index (χ0) is 18.7. The van der Waals surface area contributed by atoms with Crippen LogP contribution in [-0.2, 0) is 23.1 Å². The second-order valence-electron chi connectivity index (χ2n) is 4.67. The molecule has 1 N–H and O–H groups in total. The van der Waals surface area contributed by atoms with Crippen molar-refractivity contribution in [3.05, 3.63) is 17.1 Å². The molecule has 24 heavy (non-hydrogen) atoms. The van der Waals surface area contributed by atoms with Crippen LogP contribution in [-0.4, -0.2) is 58.5 Å². The van der Waals surface area contributed by atoms with Crippen LogP contribution in [0.3, 0.4) is 0 Å². The first-order chi connectivity index (χ1) is 10.8. The summed E-state index contributed by atoms with van der Waals surface area (Å²) in [6, 6.07) is 0. The van der Waals surface area contributed by atoms with Gasteiger partial charge in [-0.25, -0.2) is 8.42 Å². The Labute approximate surface area is 148 Å². The number of furan rings is 1. The molecule has 0 atom stereocenters. The predicted molar refractivity (Wildman–Crippen MR) is 85.3 cm³/mol. The molecular formula is C11H15Cl2NO8S2. The summed E-state index contributed by atoms with van der Waals surface area (Å²) in [5.74, 6) is -0.00537. The highest BCUT2D eigenvalue weighted by Crippen LogP contribution is 2.30. The molecule has 0 saturated carbocycles. The van der Waals surface area contributed by atoms with Gasteiger partial charge in [-0.2, -0.15) is 8.42 Å². The lowest BCUT2D eigenvalue weighted by atomic mass is 10.2. The van der Waals surface area contributed by atoms with Gasteiger partial charge in [0.2, 0.25) is 0 Å². The summed E-state index contributed by atoms with van der Waals surface area (Å²) in [6.45, 7) is 4.73. The van der Waals surface area contributed by atoms with Crippen molar-refractivity contribution < 1.29 is 35.3 Å². The number of hydrogen-bond acceptors (Lipinski definition) is 7. The fraction of sp³-hybridized carbons (Fsp3) is 0.545. The van der Waals surface area contributed by atoms with Crippen LogP contribution in [0.15, 0.2) is 9.31 Å². The molecule has 0 spiro atoms. The van der Waals surface area contributed by atoms with Gasteiger partial charge in [0.1, 0.15) is 22.0 Å². The Balaban J connectivity index is 0.000000505. The maximum atomic E-state index is 12.4. The summed E-state index contributed by atoms with van der Waals surface area (Å²) in [7, 11) is 1.22. The second-order valence-corrected chi connectivity index (χ2v) is 9.17. The third-order valence-corrected chi connectivity index (χ3v) is 4.40. The summed E-state index contributed by atoms with van der Waals surface area (Å²) in [5.41, 5.74) is 0.0226. The molecule has 1 fully saturated rings. The lowest BCUT2D eigenvalue weighted by Crippen LogP contribution is -2.41. The Bertz CT molecular complexity index is 801. The molecule has 1 aromatic rings. The Hall–Kier alpha value is -0.850. The summed E-state index contributed by atoms with van der Waals surface area (Å²) < 4.78 is 58.7. The largest absolute Gasteiger partial charge is 0.464 e. The summed E-state index contributed by atoms with van der Waals surface area (Å²) in [6.07, 6.45) is 0. The van der Waals surface area contributed by atoms with Gasteiger partial charge in [-0.1, -0.05) is 0 Å². The van der Waals surface area contributed by atoms with Crippen LogP contribution in [0.2, 0.25) is 0 Å². The zero-order valence-corrected chi connectivity index (χ0v) is 15.8. The molecule has 0 unspecified atom stereocenters. The van der Waals surface area contributed by atoms with Gasteiger partial charge < -0.3 is 14.1 Å². The molecule has 0 radical (unpaired) electrons. The standard InChI is InChI=1S/C11H14ClNO5S.ClHO3S/c1-7-9(10(8(2)18-7)19(12,15)16)11(14)13-3-5-17-6-4-13;1-5(2,3)4/h3-6H2,1-2H3;(H,2,3,4). The van der Waals surface area contributed by atoms with Gasteiger partial charge in [-0.15, -0.1) is 0 Å². The van der Waals surface area contributed by atoms with E-state index >= 15 is 0 Å². The maximum Gasteiger partial charge on any atom is 0.353 e. The van der Waals surface area contributed by atoms with Crippen molar-refractivity contribution in [3.63, 3.8) is 0 Å². The number of rotatable bonds is 2. The summed E-state index contributed by atoms with van der Waals surface area (Å²) in [4.78, 5) is 13.7. The van der Waals surface area contributed by atoms with Gasteiger partial charge in [-0.3, -0.25) is 9.35 Å². The number of carbonyl (C=O) groups is 1. The Morgan fingerprint density at radius 2 is 1.54 bits per heavy atom. The van der Waals surface area contributed by atoms with E-state index in [-0.39, 0.29) is 22.0 Å². The monoisotopic (exact) mass is 423 g/mol. The Morgan fingerprint density at radius 3 is 1.96 bits per heavy atom. The van der Waals surface area contributed by atoms with Gasteiger partial charge in [-0.05, 0) is 13.8 Å². The van der Waals surface area contributed by atoms with Crippen LogP contribution in [0.25, 0.3) is 0 Å². The van der Waals surface area contributed by atoms with Crippen LogP contribution in [0, 0.1) is 13.8 Å². The molecule has 13 heteroatoms. The minimum Gasteiger partial charge on any atom is -0.464 e. The smallest absolute Gasteiger partial charge is 0.353 e. The van der Waals surface area contributed by atoms with Gasteiger partial charge in [0.15, 0.2) is 0 Å². The van der Waals surface area contributed by atoms with E-state index < -0.39 is 24.3 Å². The van der Waals surface area contributed by atoms with Gasteiger partial charge in [0, 0.05) is 34.5 Å². The Morgan fingerprint density at radius 1 is 1.08 bits per heavy atom. The van der Waals surface area contributed by atoms with Crippen molar-refractivity contribution in [2.24, 2.45) is 0 Å². The van der Waals surface area contributed by atoms with E-state index in [2.05, 4.69) is 10.7 Å². The molecule has 9 nitrogen and oxygen atoms in total. The van der Waals surface area contributed by atoms with E-state index in [0.717, 1.165) is 0 Å². The SMILES string of the molecule is Cc1oc(C)c(S(=O)(=O)Cl)c1C(=O)N1CCOCC1.O=S(=O)(O)Cl. The van der Waals surface area contributed by atoms with Crippen molar-refractivity contribution in [1.82, 2.24) is 4.90 Å². The quantitative estimate of drug-likeness (QED) is 0.556. The average Bonchev–Trinajstić information content (AvgIpc) is 2.71. The molecule has 0 aliphatic carbocycles. The van der Waals surface area contributed by atoms with Crippen LogP contribution in [0.1, 0.15) is 21.9 Å². The van der Waals surface area contributed by atoms with E-state index in [4.69, 9.17) is 32.8 Å². The molecule has 2 heterocycles. The highest BCUT2D eigenvalue weighted by Gasteiger charge is 2.32. The second kappa shape index (κ2) is 8.02. The van der Waals surface area contributed by atoms with Gasteiger partial charge in [0.05, 0.1) is 13.2 Å². The molecule has 1 aliphatic rings. The minimum absolute atomic E-state index is 0.0226. The summed E-state index contributed by atoms with van der Waals surface area (Å²) in [5, 5.41) is 0. The van der Waals surface area contributed by atoms with Crippen LogP contribution in [0.5, 0.6) is 0 Å². The third kappa shape index (κ3) is 6.22. The lowest BCUT2D eigenvalue weighted by molar-refractivity contribution is 0.0299. The first kappa shape index (κ1) is 21.2. The number of halogens is 2. The molecular weight excluding hydrogens is 409 g/mol. The number of amides is 1. The number of carbonyl (C=O) groups excluding carboxylic acids is 1. The summed E-state index contributed by atoms with van der Waals surface area (Å²) >= 11 is 0. The molecule has 0 aromatic carbocycles. The van der Waals surface area contributed by atoms with Crippen molar-refractivity contribution in [3.8, 4) is 0 Å². The van der Waals surface area contributed by atoms with E-state index in [1.54, 1.807) is 6.92 Å². The fourth-order valence-corrected chi connectivity index (χ4v) is 3.55. The van der Waals surface area contributed by atoms with Crippen molar-refractivity contribution in [2.45, 2.75) is 18.7 Å². The van der Waals surface area contributed by atoms with Crippen molar-refractivity contribution >= 4 is 45.7 Å². The molecule has 1 aromatic heterocycles. The number of morpholine rings is 1. The number of hydrogen-bond donors (Lipinski definition) is 1. The van der Waals surface area contributed by atoms with E-state index in [1.807, 2.05) is 0 Å². The molecule has 0 bridgehead atoms. The van der Waals surface area contributed by atoms with Crippen molar-refractivity contribution in [1.29, 1.82) is 0 Å². The van der Waals surface area contributed by atoms with Crippen LogP contribution >= 0.6 is 21.4 Å². The highest BCUT2D eigenvalue weighted by molar-refractivity contribution is 8.13. The third-order valence-electron chi connectivity index (χ3n) is 2.96. The van der Waals surface area contributed by atoms with E-state index in [0.29, 0.717) is 26.3 Å². The first-order valence-corrected chi connectivity index (χ1v) is 11.0. The Kier molecular flexibility index (Phi) is 7.08. The molecule has 1 amide bonds. The topological polar surface area (TPSA) is 131 Å². The van der Waals surface area contributed by atoms with E-state index in [1.165, 1.54) is 11.8 Å². The predicted octanol–water partition coefficient (Wildman–Crippen LogP) is 1.32. The average molecular weight is 424 g/mol. The van der Waals surface area contributed by atoms with E-state index in [9.17, 15) is 13.2 Å². The van der Waals surface area contributed by atoms with Gasteiger partial charge >= 0.3 is 9.33 Å². The molecule has 138 valence electrons. The fourth-order valence-electron chi connectivity index (χ4n) is 2.13. The zero-order valence-electron chi connectivity index (χ0n) is 12.7. The normalized spacial score (nSPS) is 15.6. The minimum atomic E-state index is -4.19. The highest BCUT2D eigenvalue weighted by atomic mass is 35.7. The lowest BCUT2D eigenvalue weighted by Gasteiger charge is -2.26. The number of ether oxygens (including phenoxy) is 1. The first-order valence-electron chi connectivity index (χ1n) is 6.41.